The number of nitriles is 1. The van der Waals surface area contributed by atoms with Gasteiger partial charge in [0, 0.05) is 15.8 Å². The van der Waals surface area contributed by atoms with Gasteiger partial charge < -0.3 is 15.8 Å². The fraction of sp³-hybridized carbons (Fsp3) is 0.0714. The van der Waals surface area contributed by atoms with Gasteiger partial charge in [-0.2, -0.15) is 5.26 Å². The number of methoxy groups -OCH3 is 1. The average Bonchev–Trinajstić information content (AvgIpc) is 2.41. The summed E-state index contributed by atoms with van der Waals surface area (Å²) in [7, 11) is 1.61. The van der Waals surface area contributed by atoms with Crippen LogP contribution in [-0.2, 0) is 0 Å². The van der Waals surface area contributed by atoms with Crippen molar-refractivity contribution >= 4 is 33.0 Å². The molecule has 0 aliphatic rings. The summed E-state index contributed by atoms with van der Waals surface area (Å²) < 4.78 is 6.22. The molecule has 2 aromatic rings. The first-order valence-corrected chi connectivity index (χ1v) is 6.33. The maximum atomic E-state index is 8.96. The van der Waals surface area contributed by atoms with Gasteiger partial charge in [0.1, 0.15) is 11.8 Å². The van der Waals surface area contributed by atoms with Gasteiger partial charge in [0.15, 0.2) is 0 Å². The van der Waals surface area contributed by atoms with Crippen molar-refractivity contribution in [2.24, 2.45) is 0 Å². The van der Waals surface area contributed by atoms with Crippen molar-refractivity contribution in [1.82, 2.24) is 0 Å². The number of nitrogens with zero attached hydrogens (tertiary/aromatic N) is 1. The molecule has 4 nitrogen and oxygen atoms in total. The molecule has 0 radical (unpaired) electrons. The van der Waals surface area contributed by atoms with Crippen molar-refractivity contribution in [2.75, 3.05) is 18.2 Å². The molecule has 2 rings (SSSR count). The van der Waals surface area contributed by atoms with E-state index >= 15 is 0 Å². The highest BCUT2D eigenvalue weighted by atomic mass is 79.9. The van der Waals surface area contributed by atoms with Crippen LogP contribution in [-0.4, -0.2) is 7.11 Å². The second-order valence-electron chi connectivity index (χ2n) is 3.88. The van der Waals surface area contributed by atoms with Crippen LogP contribution in [0.15, 0.2) is 40.9 Å². The minimum absolute atomic E-state index is 0.443. The van der Waals surface area contributed by atoms with E-state index in [0.29, 0.717) is 11.3 Å². The van der Waals surface area contributed by atoms with Crippen LogP contribution in [0, 0.1) is 11.3 Å². The summed E-state index contributed by atoms with van der Waals surface area (Å²) in [6.45, 7) is 0. The number of hydrogen-bond donors (Lipinski definition) is 2. The molecule has 2 aromatic carbocycles. The Labute approximate surface area is 119 Å². The van der Waals surface area contributed by atoms with Crippen molar-refractivity contribution in [3.05, 3.63) is 46.4 Å². The molecular weight excluding hydrogens is 306 g/mol. The zero-order chi connectivity index (χ0) is 13.8. The second kappa shape index (κ2) is 5.63. The zero-order valence-corrected chi connectivity index (χ0v) is 11.9. The highest BCUT2D eigenvalue weighted by molar-refractivity contribution is 9.10. The Morgan fingerprint density at radius 1 is 1.26 bits per heavy atom. The molecule has 0 amide bonds. The van der Waals surface area contributed by atoms with E-state index in [2.05, 4.69) is 27.3 Å². The van der Waals surface area contributed by atoms with E-state index in [4.69, 9.17) is 15.7 Å². The third-order valence-electron chi connectivity index (χ3n) is 2.61. The topological polar surface area (TPSA) is 71.1 Å². The molecule has 0 saturated carbocycles. The molecule has 0 aliphatic heterocycles. The third kappa shape index (κ3) is 2.98. The molecular formula is C14H12BrN3O. The number of nitrogens with two attached hydrogens (primary N) is 1. The quantitative estimate of drug-likeness (QED) is 0.847. The maximum absolute atomic E-state index is 8.96. The summed E-state index contributed by atoms with van der Waals surface area (Å²) in [6, 6.07) is 12.9. The molecule has 5 heteroatoms. The SMILES string of the molecule is COc1ccc(Br)cc1Nc1ccc(N)c(C#N)c1. The normalized spacial score (nSPS) is 9.74. The van der Waals surface area contributed by atoms with Gasteiger partial charge in [-0.1, -0.05) is 15.9 Å². The number of rotatable bonds is 3. The van der Waals surface area contributed by atoms with Crippen LogP contribution in [0.1, 0.15) is 5.56 Å². The van der Waals surface area contributed by atoms with Crippen molar-refractivity contribution < 1.29 is 4.74 Å². The van der Waals surface area contributed by atoms with E-state index in [1.165, 1.54) is 0 Å². The molecule has 0 saturated heterocycles. The lowest BCUT2D eigenvalue weighted by molar-refractivity contribution is 0.417. The number of halogens is 1. The van der Waals surface area contributed by atoms with E-state index in [1.807, 2.05) is 24.3 Å². The fourth-order valence-corrected chi connectivity index (χ4v) is 2.03. The molecule has 0 heterocycles. The van der Waals surface area contributed by atoms with Gasteiger partial charge >= 0.3 is 0 Å². The average molecular weight is 318 g/mol. The Morgan fingerprint density at radius 2 is 2.05 bits per heavy atom. The van der Waals surface area contributed by atoms with Gasteiger partial charge in [-0.25, -0.2) is 0 Å². The maximum Gasteiger partial charge on any atom is 0.142 e. The smallest absolute Gasteiger partial charge is 0.142 e. The van der Waals surface area contributed by atoms with Crippen molar-refractivity contribution in [1.29, 1.82) is 5.26 Å². The summed E-state index contributed by atoms with van der Waals surface area (Å²) in [5, 5.41) is 12.2. The van der Waals surface area contributed by atoms with Crippen LogP contribution < -0.4 is 15.8 Å². The molecule has 0 atom stereocenters. The Hall–Kier alpha value is -2.19. The first-order chi connectivity index (χ1) is 9.13. The van der Waals surface area contributed by atoms with Crippen LogP contribution in [0.25, 0.3) is 0 Å². The number of hydrogen-bond acceptors (Lipinski definition) is 4. The zero-order valence-electron chi connectivity index (χ0n) is 10.3. The van der Waals surface area contributed by atoms with Crippen LogP contribution in [0.4, 0.5) is 17.1 Å². The van der Waals surface area contributed by atoms with Gasteiger partial charge in [-0.3, -0.25) is 0 Å². The van der Waals surface area contributed by atoms with Crippen molar-refractivity contribution in [3.8, 4) is 11.8 Å². The first-order valence-electron chi connectivity index (χ1n) is 5.54. The molecule has 0 bridgehead atoms. The van der Waals surface area contributed by atoms with Gasteiger partial charge in [0.25, 0.3) is 0 Å². The Balaban J connectivity index is 2.36. The molecule has 0 spiro atoms. The van der Waals surface area contributed by atoms with Gasteiger partial charge in [-0.15, -0.1) is 0 Å². The summed E-state index contributed by atoms with van der Waals surface area (Å²) in [5.41, 5.74) is 8.19. The number of benzene rings is 2. The summed E-state index contributed by atoms with van der Waals surface area (Å²) in [6.07, 6.45) is 0. The predicted molar refractivity (Wildman–Crippen MR) is 79.5 cm³/mol. The van der Waals surface area contributed by atoms with E-state index in [1.54, 1.807) is 19.2 Å². The second-order valence-corrected chi connectivity index (χ2v) is 4.80. The standard InChI is InChI=1S/C14H12BrN3O/c1-19-14-5-2-10(15)7-13(14)18-11-3-4-12(17)9(6-11)8-16/h2-7,18H,17H2,1H3. The highest BCUT2D eigenvalue weighted by Crippen LogP contribution is 2.31. The molecule has 0 aromatic heterocycles. The van der Waals surface area contributed by atoms with Gasteiger partial charge in [-0.05, 0) is 36.4 Å². The molecule has 0 aliphatic carbocycles. The summed E-state index contributed by atoms with van der Waals surface area (Å²) >= 11 is 3.41. The predicted octanol–water partition coefficient (Wildman–Crippen LogP) is 3.66. The molecule has 96 valence electrons. The van der Waals surface area contributed by atoms with E-state index in [0.717, 1.165) is 21.6 Å². The molecule has 3 N–H and O–H groups in total. The van der Waals surface area contributed by atoms with E-state index in [9.17, 15) is 0 Å². The summed E-state index contributed by atoms with van der Waals surface area (Å²) in [4.78, 5) is 0. The fourth-order valence-electron chi connectivity index (χ4n) is 1.66. The number of nitrogens with one attached hydrogen (secondary N) is 1. The van der Waals surface area contributed by atoms with Crippen molar-refractivity contribution in [2.45, 2.75) is 0 Å². The Kier molecular flexibility index (Phi) is 3.93. The molecule has 0 unspecified atom stereocenters. The van der Waals surface area contributed by atoms with E-state index < -0.39 is 0 Å². The Morgan fingerprint density at radius 3 is 2.74 bits per heavy atom. The molecule has 0 fully saturated rings. The minimum atomic E-state index is 0.443. The third-order valence-corrected chi connectivity index (χ3v) is 3.11. The highest BCUT2D eigenvalue weighted by Gasteiger charge is 2.06. The van der Waals surface area contributed by atoms with E-state index in [-0.39, 0.29) is 0 Å². The van der Waals surface area contributed by atoms with Crippen LogP contribution in [0.2, 0.25) is 0 Å². The lowest BCUT2D eigenvalue weighted by Crippen LogP contribution is -1.97. The van der Waals surface area contributed by atoms with Crippen molar-refractivity contribution in [3.63, 3.8) is 0 Å². The number of anilines is 3. The first kappa shape index (κ1) is 13.2. The van der Waals surface area contributed by atoms with Crippen LogP contribution >= 0.6 is 15.9 Å². The van der Waals surface area contributed by atoms with Crippen LogP contribution in [0.3, 0.4) is 0 Å². The largest absolute Gasteiger partial charge is 0.495 e. The van der Waals surface area contributed by atoms with Crippen LogP contribution in [0.5, 0.6) is 5.75 Å². The number of nitrogen functional groups attached to an aromatic ring is 1. The summed E-state index contributed by atoms with van der Waals surface area (Å²) in [5.74, 6) is 0.721. The lowest BCUT2D eigenvalue weighted by Gasteiger charge is -2.12. The Bertz CT molecular complexity index is 650. The van der Waals surface area contributed by atoms with Gasteiger partial charge in [0.05, 0.1) is 18.4 Å². The lowest BCUT2D eigenvalue weighted by atomic mass is 10.1. The number of ether oxygens (including phenoxy) is 1. The monoisotopic (exact) mass is 317 g/mol. The minimum Gasteiger partial charge on any atom is -0.495 e. The molecule has 19 heavy (non-hydrogen) atoms. The van der Waals surface area contributed by atoms with Gasteiger partial charge in [0.2, 0.25) is 0 Å².